The predicted molar refractivity (Wildman–Crippen MR) is 76.1 cm³/mol. The van der Waals surface area contributed by atoms with Gasteiger partial charge in [0.2, 0.25) is 0 Å². The van der Waals surface area contributed by atoms with Crippen molar-refractivity contribution in [1.82, 2.24) is 0 Å². The number of ether oxygens (including phenoxy) is 1. The lowest BCUT2D eigenvalue weighted by Gasteiger charge is -2.05. The van der Waals surface area contributed by atoms with Gasteiger partial charge in [-0.3, -0.25) is 0 Å². The number of hydrogen-bond acceptors (Lipinski definition) is 2. The maximum Gasteiger partial charge on any atom is 0.338 e. The molecule has 0 aliphatic heterocycles. The molecule has 19 heavy (non-hydrogen) atoms. The molecule has 0 aromatic heterocycles. The van der Waals surface area contributed by atoms with Gasteiger partial charge in [-0.1, -0.05) is 49.0 Å². The maximum absolute atomic E-state index is 11.4. The van der Waals surface area contributed by atoms with E-state index in [0.29, 0.717) is 11.3 Å². The van der Waals surface area contributed by atoms with Crippen molar-refractivity contribution in [2.45, 2.75) is 13.3 Å². The van der Waals surface area contributed by atoms with Crippen LogP contribution in [0.1, 0.15) is 18.1 Å². The minimum atomic E-state index is -0.393. The quantitative estimate of drug-likeness (QED) is 0.470. The Kier molecular flexibility index (Phi) is 4.14. The van der Waals surface area contributed by atoms with Crippen LogP contribution in [-0.2, 0) is 11.2 Å². The summed E-state index contributed by atoms with van der Waals surface area (Å²) in [4.78, 5) is 11.4. The van der Waals surface area contributed by atoms with Gasteiger partial charge in [0.05, 0.1) is 0 Å². The zero-order valence-electron chi connectivity index (χ0n) is 10.9. The molecule has 96 valence electrons. The highest BCUT2D eigenvalue weighted by molar-refractivity contribution is 5.88. The van der Waals surface area contributed by atoms with Crippen molar-refractivity contribution in [2.24, 2.45) is 0 Å². The van der Waals surface area contributed by atoms with E-state index >= 15 is 0 Å². The van der Waals surface area contributed by atoms with E-state index in [9.17, 15) is 4.79 Å². The first-order chi connectivity index (χ1) is 9.15. The van der Waals surface area contributed by atoms with Gasteiger partial charge in [-0.2, -0.15) is 0 Å². The van der Waals surface area contributed by atoms with E-state index < -0.39 is 5.97 Å². The van der Waals surface area contributed by atoms with Gasteiger partial charge in [0.1, 0.15) is 5.75 Å². The number of carbonyl (C=O) groups excluding carboxylic acids is 1. The summed E-state index contributed by atoms with van der Waals surface area (Å²) in [7, 11) is 0. The van der Waals surface area contributed by atoms with Crippen LogP contribution in [0.3, 0.4) is 0 Å². The fraction of sp³-hybridized carbons (Fsp3) is 0.118. The first-order valence-electron chi connectivity index (χ1n) is 6.16. The van der Waals surface area contributed by atoms with Crippen molar-refractivity contribution >= 4 is 5.97 Å². The summed E-state index contributed by atoms with van der Waals surface area (Å²) in [5.41, 5.74) is 2.84. The third kappa shape index (κ3) is 3.81. The SMILES string of the molecule is C=C(C)C(=O)Oc1ccc(Cc2ccccc2)cc1. The smallest absolute Gasteiger partial charge is 0.338 e. The lowest BCUT2D eigenvalue weighted by molar-refractivity contribution is -0.130. The Bertz CT molecular complexity index is 568. The molecule has 0 aliphatic carbocycles. The largest absolute Gasteiger partial charge is 0.423 e. The van der Waals surface area contributed by atoms with Gasteiger partial charge in [0.25, 0.3) is 0 Å². The molecule has 0 amide bonds. The molecule has 0 atom stereocenters. The van der Waals surface area contributed by atoms with Crippen LogP contribution in [-0.4, -0.2) is 5.97 Å². The molecule has 0 unspecified atom stereocenters. The standard InChI is InChI=1S/C17H16O2/c1-13(2)17(18)19-16-10-8-15(9-11-16)12-14-6-4-3-5-7-14/h3-11H,1,12H2,2H3. The lowest BCUT2D eigenvalue weighted by atomic mass is 10.1. The molecule has 0 saturated carbocycles. The molecule has 2 aromatic rings. The summed E-state index contributed by atoms with van der Waals surface area (Å²) in [5, 5.41) is 0. The monoisotopic (exact) mass is 252 g/mol. The fourth-order valence-electron chi connectivity index (χ4n) is 1.70. The molecule has 0 bridgehead atoms. The van der Waals surface area contributed by atoms with E-state index in [1.807, 2.05) is 30.3 Å². The zero-order chi connectivity index (χ0) is 13.7. The first-order valence-corrected chi connectivity index (χ1v) is 6.16. The van der Waals surface area contributed by atoms with Crippen molar-refractivity contribution in [3.63, 3.8) is 0 Å². The molecular weight excluding hydrogens is 236 g/mol. The molecule has 0 saturated heterocycles. The van der Waals surface area contributed by atoms with Crippen LogP contribution in [0.4, 0.5) is 0 Å². The maximum atomic E-state index is 11.4. The van der Waals surface area contributed by atoms with Crippen molar-refractivity contribution in [2.75, 3.05) is 0 Å². The molecule has 0 fully saturated rings. The molecule has 0 heterocycles. The number of carbonyl (C=O) groups is 1. The number of hydrogen-bond donors (Lipinski definition) is 0. The number of benzene rings is 2. The third-order valence-electron chi connectivity index (χ3n) is 2.73. The van der Waals surface area contributed by atoms with E-state index in [2.05, 4.69) is 18.7 Å². The molecule has 0 aliphatic rings. The molecule has 0 spiro atoms. The van der Waals surface area contributed by atoms with Gasteiger partial charge < -0.3 is 4.74 Å². The van der Waals surface area contributed by atoms with Crippen LogP contribution in [0.5, 0.6) is 5.75 Å². The Morgan fingerprint density at radius 2 is 1.58 bits per heavy atom. The van der Waals surface area contributed by atoms with Crippen molar-refractivity contribution in [3.05, 3.63) is 77.9 Å². The fourth-order valence-corrected chi connectivity index (χ4v) is 1.70. The second kappa shape index (κ2) is 6.01. The number of rotatable bonds is 4. The summed E-state index contributed by atoms with van der Waals surface area (Å²) in [6.07, 6.45) is 0.871. The van der Waals surface area contributed by atoms with E-state index in [1.54, 1.807) is 19.1 Å². The molecule has 2 heteroatoms. The Hall–Kier alpha value is -2.35. The minimum Gasteiger partial charge on any atom is -0.423 e. The van der Waals surface area contributed by atoms with Crippen molar-refractivity contribution in [1.29, 1.82) is 0 Å². The van der Waals surface area contributed by atoms with Crippen LogP contribution in [0.2, 0.25) is 0 Å². The van der Waals surface area contributed by atoms with Gasteiger partial charge in [-0.05, 0) is 36.6 Å². The first kappa shape index (κ1) is 13.1. The van der Waals surface area contributed by atoms with Crippen LogP contribution in [0.15, 0.2) is 66.7 Å². The van der Waals surface area contributed by atoms with E-state index in [1.165, 1.54) is 11.1 Å². The topological polar surface area (TPSA) is 26.3 Å². The molecule has 0 radical (unpaired) electrons. The van der Waals surface area contributed by atoms with Gasteiger partial charge in [-0.15, -0.1) is 0 Å². The van der Waals surface area contributed by atoms with Gasteiger partial charge in [0, 0.05) is 5.57 Å². The van der Waals surface area contributed by atoms with Crippen LogP contribution in [0, 0.1) is 0 Å². The van der Waals surface area contributed by atoms with E-state index in [-0.39, 0.29) is 0 Å². The average Bonchev–Trinajstić information content (AvgIpc) is 2.42. The van der Waals surface area contributed by atoms with E-state index in [4.69, 9.17) is 4.74 Å². The highest BCUT2D eigenvalue weighted by Crippen LogP contribution is 2.16. The van der Waals surface area contributed by atoms with Crippen LogP contribution < -0.4 is 4.74 Å². The van der Waals surface area contributed by atoms with Crippen molar-refractivity contribution in [3.8, 4) is 5.75 Å². The summed E-state index contributed by atoms with van der Waals surface area (Å²) >= 11 is 0. The summed E-state index contributed by atoms with van der Waals surface area (Å²) in [5.74, 6) is 0.153. The Morgan fingerprint density at radius 1 is 1.00 bits per heavy atom. The molecule has 2 nitrogen and oxygen atoms in total. The second-order valence-corrected chi connectivity index (χ2v) is 4.48. The Balaban J connectivity index is 2.03. The van der Waals surface area contributed by atoms with Gasteiger partial charge in [-0.25, -0.2) is 4.79 Å². The summed E-state index contributed by atoms with van der Waals surface area (Å²) in [6.45, 7) is 5.18. The van der Waals surface area contributed by atoms with Crippen LogP contribution in [0.25, 0.3) is 0 Å². The minimum absolute atomic E-state index is 0.393. The Labute approximate surface area is 113 Å². The molecule has 2 rings (SSSR count). The average molecular weight is 252 g/mol. The third-order valence-corrected chi connectivity index (χ3v) is 2.73. The summed E-state index contributed by atoms with van der Waals surface area (Å²) < 4.78 is 5.14. The highest BCUT2D eigenvalue weighted by atomic mass is 16.5. The number of esters is 1. The van der Waals surface area contributed by atoms with Crippen LogP contribution >= 0.6 is 0 Å². The van der Waals surface area contributed by atoms with Gasteiger partial charge >= 0.3 is 5.97 Å². The molecule has 2 aromatic carbocycles. The molecular formula is C17H16O2. The molecule has 0 N–H and O–H groups in total. The van der Waals surface area contributed by atoms with Crippen molar-refractivity contribution < 1.29 is 9.53 Å². The lowest BCUT2D eigenvalue weighted by Crippen LogP contribution is -2.08. The Morgan fingerprint density at radius 3 is 2.16 bits per heavy atom. The normalized spacial score (nSPS) is 9.95. The zero-order valence-corrected chi connectivity index (χ0v) is 10.9. The predicted octanol–water partition coefficient (Wildman–Crippen LogP) is 3.76. The van der Waals surface area contributed by atoms with Gasteiger partial charge in [0.15, 0.2) is 0 Å². The highest BCUT2D eigenvalue weighted by Gasteiger charge is 2.05. The summed E-state index contributed by atoms with van der Waals surface area (Å²) in [6, 6.07) is 17.8. The van der Waals surface area contributed by atoms with E-state index in [0.717, 1.165) is 6.42 Å². The second-order valence-electron chi connectivity index (χ2n) is 4.48.